The van der Waals surface area contributed by atoms with Crippen LogP contribution in [0.5, 0.6) is 0 Å². The highest BCUT2D eigenvalue weighted by molar-refractivity contribution is 5.96. The van der Waals surface area contributed by atoms with Gasteiger partial charge in [0.15, 0.2) is 0 Å². The first-order valence-electron chi connectivity index (χ1n) is 6.87. The molecule has 0 atom stereocenters. The predicted octanol–water partition coefficient (Wildman–Crippen LogP) is 3.93. The normalized spacial score (nSPS) is 10.9. The van der Waals surface area contributed by atoms with E-state index in [0.717, 1.165) is 6.54 Å². The summed E-state index contributed by atoms with van der Waals surface area (Å²) in [5.41, 5.74) is 5.06. The van der Waals surface area contributed by atoms with E-state index in [-0.39, 0.29) is 0 Å². The van der Waals surface area contributed by atoms with Crippen LogP contribution in [0.4, 0.5) is 0 Å². The zero-order valence-electron chi connectivity index (χ0n) is 11.9. The quantitative estimate of drug-likeness (QED) is 0.773. The summed E-state index contributed by atoms with van der Waals surface area (Å²) in [6.07, 6.45) is 3.88. The lowest BCUT2D eigenvalue weighted by atomic mass is 9.96. The summed E-state index contributed by atoms with van der Waals surface area (Å²) in [6, 6.07) is 15.0. The highest BCUT2D eigenvalue weighted by atomic mass is 14.8. The maximum atomic E-state index is 4.38. The van der Waals surface area contributed by atoms with Gasteiger partial charge in [-0.1, -0.05) is 42.5 Å². The maximum Gasteiger partial charge on any atom is 0.0352 e. The van der Waals surface area contributed by atoms with Gasteiger partial charge in [-0.2, -0.15) is 0 Å². The summed E-state index contributed by atoms with van der Waals surface area (Å²) in [6.45, 7) is 3.06. The first-order valence-corrected chi connectivity index (χ1v) is 6.87. The molecule has 1 aromatic heterocycles. The van der Waals surface area contributed by atoms with Gasteiger partial charge in [0.05, 0.1) is 0 Å². The van der Waals surface area contributed by atoms with Crippen LogP contribution in [0, 0.1) is 6.92 Å². The molecule has 3 aromatic rings. The van der Waals surface area contributed by atoms with E-state index < -0.39 is 0 Å². The van der Waals surface area contributed by atoms with Crippen molar-refractivity contribution >= 4 is 10.8 Å². The Balaban J connectivity index is 2.16. The van der Waals surface area contributed by atoms with Gasteiger partial charge in [-0.25, -0.2) is 0 Å². The second kappa shape index (κ2) is 5.43. The van der Waals surface area contributed by atoms with Gasteiger partial charge in [-0.05, 0) is 36.0 Å². The lowest BCUT2D eigenvalue weighted by Crippen LogP contribution is -2.05. The van der Waals surface area contributed by atoms with E-state index in [1.54, 1.807) is 0 Å². The predicted molar refractivity (Wildman–Crippen MR) is 84.7 cm³/mol. The minimum absolute atomic E-state index is 0.898. The number of fused-ring (bicyclic) bond motifs is 1. The molecule has 0 unspecified atom stereocenters. The number of hydrogen-bond acceptors (Lipinski definition) is 2. The Kier molecular flexibility index (Phi) is 3.48. The minimum Gasteiger partial charge on any atom is -0.316 e. The van der Waals surface area contributed by atoms with Crippen molar-refractivity contribution < 1.29 is 0 Å². The minimum atomic E-state index is 0.898. The standard InChI is InChI=1S/C18H18N2/c1-13-9-14(10-19-2)7-8-16(13)18-12-20-11-15-5-3-4-6-17(15)18/h3-9,11-12,19H,10H2,1-2H3. The number of rotatable bonds is 3. The van der Waals surface area contributed by atoms with Gasteiger partial charge in [-0.15, -0.1) is 0 Å². The fourth-order valence-electron chi connectivity index (χ4n) is 2.67. The van der Waals surface area contributed by atoms with Gasteiger partial charge >= 0.3 is 0 Å². The van der Waals surface area contributed by atoms with E-state index in [1.807, 2.05) is 19.4 Å². The summed E-state index contributed by atoms with van der Waals surface area (Å²) < 4.78 is 0. The number of nitrogens with zero attached hydrogens (tertiary/aromatic N) is 1. The molecule has 2 nitrogen and oxygen atoms in total. The maximum absolute atomic E-state index is 4.38. The first kappa shape index (κ1) is 12.8. The van der Waals surface area contributed by atoms with Crippen LogP contribution in [0.15, 0.2) is 54.9 Å². The molecule has 0 saturated heterocycles. The van der Waals surface area contributed by atoms with E-state index in [1.165, 1.54) is 33.0 Å². The molecule has 2 aromatic carbocycles. The van der Waals surface area contributed by atoms with Gasteiger partial charge in [0.1, 0.15) is 0 Å². The molecule has 20 heavy (non-hydrogen) atoms. The van der Waals surface area contributed by atoms with Crippen LogP contribution in [0.3, 0.4) is 0 Å². The molecule has 3 rings (SSSR count). The third-order valence-electron chi connectivity index (χ3n) is 3.63. The SMILES string of the molecule is CNCc1ccc(-c2cncc3ccccc23)c(C)c1. The van der Waals surface area contributed by atoms with Gasteiger partial charge in [-0.3, -0.25) is 4.98 Å². The van der Waals surface area contributed by atoms with Crippen LogP contribution >= 0.6 is 0 Å². The Morgan fingerprint density at radius 1 is 1.00 bits per heavy atom. The lowest BCUT2D eigenvalue weighted by molar-refractivity contribution is 0.817. The molecule has 0 radical (unpaired) electrons. The largest absolute Gasteiger partial charge is 0.316 e. The topological polar surface area (TPSA) is 24.9 Å². The zero-order valence-corrected chi connectivity index (χ0v) is 11.9. The van der Waals surface area contributed by atoms with Crippen molar-refractivity contribution in [2.75, 3.05) is 7.05 Å². The zero-order chi connectivity index (χ0) is 13.9. The molecular weight excluding hydrogens is 244 g/mol. The van der Waals surface area contributed by atoms with Crippen LogP contribution in [-0.2, 0) is 6.54 Å². The number of hydrogen-bond donors (Lipinski definition) is 1. The van der Waals surface area contributed by atoms with E-state index in [2.05, 4.69) is 59.7 Å². The summed E-state index contributed by atoms with van der Waals surface area (Å²) in [5.74, 6) is 0. The van der Waals surface area contributed by atoms with Crippen molar-refractivity contribution in [1.29, 1.82) is 0 Å². The fourth-order valence-corrected chi connectivity index (χ4v) is 2.67. The van der Waals surface area contributed by atoms with Crippen LogP contribution in [-0.4, -0.2) is 12.0 Å². The molecule has 100 valence electrons. The number of aromatic nitrogens is 1. The number of benzene rings is 2. The van der Waals surface area contributed by atoms with Crippen LogP contribution in [0.2, 0.25) is 0 Å². The van der Waals surface area contributed by atoms with Crippen molar-refractivity contribution in [3.8, 4) is 11.1 Å². The molecule has 0 aliphatic carbocycles. The molecule has 0 aliphatic heterocycles. The summed E-state index contributed by atoms with van der Waals surface area (Å²) in [5, 5.41) is 5.63. The molecule has 1 N–H and O–H groups in total. The van der Waals surface area contributed by atoms with Crippen LogP contribution < -0.4 is 5.32 Å². The van der Waals surface area contributed by atoms with Crippen molar-refractivity contribution in [2.45, 2.75) is 13.5 Å². The Morgan fingerprint density at radius 3 is 2.65 bits per heavy atom. The average molecular weight is 262 g/mol. The second-order valence-corrected chi connectivity index (χ2v) is 5.09. The van der Waals surface area contributed by atoms with Gasteiger partial charge in [0, 0.05) is 29.9 Å². The van der Waals surface area contributed by atoms with Crippen LogP contribution in [0.25, 0.3) is 21.9 Å². The molecule has 1 heterocycles. The van der Waals surface area contributed by atoms with Crippen molar-refractivity contribution in [3.63, 3.8) is 0 Å². The third-order valence-corrected chi connectivity index (χ3v) is 3.63. The Hall–Kier alpha value is -2.19. The Bertz CT molecular complexity index is 742. The molecule has 0 spiro atoms. The fraction of sp³-hybridized carbons (Fsp3) is 0.167. The second-order valence-electron chi connectivity index (χ2n) is 5.09. The molecule has 2 heteroatoms. The first-order chi connectivity index (χ1) is 9.79. The van der Waals surface area contributed by atoms with Gasteiger partial charge in [0.2, 0.25) is 0 Å². The van der Waals surface area contributed by atoms with Crippen molar-refractivity contribution in [1.82, 2.24) is 10.3 Å². The smallest absolute Gasteiger partial charge is 0.0352 e. The number of pyridine rings is 1. The molecule has 0 saturated carbocycles. The van der Waals surface area contributed by atoms with Crippen molar-refractivity contribution in [3.05, 3.63) is 66.0 Å². The summed E-state index contributed by atoms with van der Waals surface area (Å²) in [4.78, 5) is 4.38. The van der Waals surface area contributed by atoms with E-state index >= 15 is 0 Å². The van der Waals surface area contributed by atoms with Gasteiger partial charge in [0.25, 0.3) is 0 Å². The van der Waals surface area contributed by atoms with Crippen molar-refractivity contribution in [2.24, 2.45) is 0 Å². The number of nitrogens with one attached hydrogen (secondary N) is 1. The van der Waals surface area contributed by atoms with E-state index in [4.69, 9.17) is 0 Å². The highest BCUT2D eigenvalue weighted by Crippen LogP contribution is 2.30. The lowest BCUT2D eigenvalue weighted by Gasteiger charge is -2.11. The Labute approximate surface area is 119 Å². The molecular formula is C18H18N2. The average Bonchev–Trinajstić information content (AvgIpc) is 2.47. The third kappa shape index (κ3) is 2.30. The molecule has 0 aliphatic rings. The summed E-state index contributed by atoms with van der Waals surface area (Å²) in [7, 11) is 1.97. The van der Waals surface area contributed by atoms with Crippen LogP contribution in [0.1, 0.15) is 11.1 Å². The molecule has 0 fully saturated rings. The monoisotopic (exact) mass is 262 g/mol. The van der Waals surface area contributed by atoms with E-state index in [9.17, 15) is 0 Å². The highest BCUT2D eigenvalue weighted by Gasteiger charge is 2.07. The summed E-state index contributed by atoms with van der Waals surface area (Å²) >= 11 is 0. The number of aryl methyl sites for hydroxylation is 1. The molecule has 0 bridgehead atoms. The van der Waals surface area contributed by atoms with E-state index in [0.29, 0.717) is 0 Å². The van der Waals surface area contributed by atoms with Gasteiger partial charge < -0.3 is 5.32 Å². The Morgan fingerprint density at radius 2 is 1.85 bits per heavy atom. The molecule has 0 amide bonds.